The lowest BCUT2D eigenvalue weighted by molar-refractivity contribution is 1.18. The highest BCUT2D eigenvalue weighted by Crippen LogP contribution is 2.44. The molecule has 0 atom stereocenters. The standard InChI is InChI=1S/C42H26N2/c1-3-12-30-25-32(20-17-27(30)9-1)43-36-16-8-7-15-35(36)41-38(43)23-24-39-42(41)40-34-14-6-5-11-29(34)19-22-37(40)44(39)33-21-18-28-10-2-4-13-31(28)26-33/h1-26H. The number of benzene rings is 8. The van der Waals surface area contributed by atoms with Crippen LogP contribution < -0.4 is 0 Å². The summed E-state index contributed by atoms with van der Waals surface area (Å²) in [6.07, 6.45) is 0. The first-order chi connectivity index (χ1) is 21.8. The molecule has 2 aromatic heterocycles. The summed E-state index contributed by atoms with van der Waals surface area (Å²) in [4.78, 5) is 0. The van der Waals surface area contributed by atoms with Gasteiger partial charge in [-0.25, -0.2) is 0 Å². The fraction of sp³-hybridized carbons (Fsp3) is 0. The van der Waals surface area contributed by atoms with Gasteiger partial charge in [-0.1, -0.05) is 109 Å². The molecule has 0 N–H and O–H groups in total. The Bertz CT molecular complexity index is 2780. The van der Waals surface area contributed by atoms with Crippen LogP contribution in [0, 0.1) is 0 Å². The molecule has 2 heteroatoms. The molecule has 0 radical (unpaired) electrons. The van der Waals surface area contributed by atoms with Gasteiger partial charge in [-0.05, 0) is 80.8 Å². The van der Waals surface area contributed by atoms with Gasteiger partial charge in [-0.2, -0.15) is 0 Å². The highest BCUT2D eigenvalue weighted by Gasteiger charge is 2.22. The molecule has 10 aromatic rings. The summed E-state index contributed by atoms with van der Waals surface area (Å²) < 4.78 is 4.91. The molecule has 0 unspecified atom stereocenters. The van der Waals surface area contributed by atoms with Gasteiger partial charge >= 0.3 is 0 Å². The minimum atomic E-state index is 1.18. The molecule has 0 fully saturated rings. The first-order valence-electron chi connectivity index (χ1n) is 15.2. The van der Waals surface area contributed by atoms with E-state index in [4.69, 9.17) is 0 Å². The summed E-state index contributed by atoms with van der Waals surface area (Å²) in [5, 5.41) is 12.7. The lowest BCUT2D eigenvalue weighted by Crippen LogP contribution is -1.95. The van der Waals surface area contributed by atoms with Crippen LogP contribution in [0.1, 0.15) is 0 Å². The second kappa shape index (κ2) is 8.82. The van der Waals surface area contributed by atoms with Crippen molar-refractivity contribution in [3.8, 4) is 11.4 Å². The molecule has 2 nitrogen and oxygen atoms in total. The summed E-state index contributed by atoms with van der Waals surface area (Å²) in [7, 11) is 0. The Labute approximate surface area is 253 Å². The Kier molecular flexibility index (Phi) is 4.75. The zero-order chi connectivity index (χ0) is 28.8. The Morgan fingerprint density at radius 1 is 0.273 bits per heavy atom. The zero-order valence-electron chi connectivity index (χ0n) is 23.9. The summed E-state index contributed by atoms with van der Waals surface area (Å²) in [6.45, 7) is 0. The summed E-state index contributed by atoms with van der Waals surface area (Å²) in [5.41, 5.74) is 7.25. The van der Waals surface area contributed by atoms with Crippen molar-refractivity contribution < 1.29 is 0 Å². The topological polar surface area (TPSA) is 9.86 Å². The van der Waals surface area contributed by atoms with Crippen molar-refractivity contribution in [3.05, 3.63) is 158 Å². The lowest BCUT2D eigenvalue weighted by Gasteiger charge is -2.11. The number of aromatic nitrogens is 2. The van der Waals surface area contributed by atoms with Gasteiger partial charge in [-0.3, -0.25) is 0 Å². The van der Waals surface area contributed by atoms with Crippen LogP contribution in [-0.2, 0) is 0 Å². The van der Waals surface area contributed by atoms with Crippen molar-refractivity contribution in [1.82, 2.24) is 9.13 Å². The van der Waals surface area contributed by atoms with Crippen LogP contribution in [0.15, 0.2) is 158 Å². The van der Waals surface area contributed by atoms with E-state index < -0.39 is 0 Å². The molecular formula is C42H26N2. The van der Waals surface area contributed by atoms with E-state index in [9.17, 15) is 0 Å². The smallest absolute Gasteiger partial charge is 0.0549 e. The Hall–Kier alpha value is -5.86. The molecule has 0 aliphatic carbocycles. The van der Waals surface area contributed by atoms with Crippen LogP contribution in [0.3, 0.4) is 0 Å². The summed E-state index contributed by atoms with van der Waals surface area (Å²) >= 11 is 0. The van der Waals surface area contributed by atoms with Crippen LogP contribution in [0.25, 0.3) is 87.3 Å². The predicted molar refractivity (Wildman–Crippen MR) is 188 cm³/mol. The third-order valence-electron chi connectivity index (χ3n) is 9.44. The molecular weight excluding hydrogens is 532 g/mol. The molecule has 0 aliphatic heterocycles. The molecule has 0 spiro atoms. The molecule has 0 saturated carbocycles. The van der Waals surface area contributed by atoms with Crippen molar-refractivity contribution in [2.75, 3.05) is 0 Å². The quantitative estimate of drug-likeness (QED) is 0.200. The van der Waals surface area contributed by atoms with Crippen molar-refractivity contribution in [2.24, 2.45) is 0 Å². The van der Waals surface area contributed by atoms with Crippen LogP contribution in [0.5, 0.6) is 0 Å². The number of fused-ring (bicyclic) bond motifs is 11. The second-order valence-electron chi connectivity index (χ2n) is 11.8. The van der Waals surface area contributed by atoms with E-state index in [1.54, 1.807) is 0 Å². The van der Waals surface area contributed by atoms with Crippen LogP contribution in [-0.4, -0.2) is 9.13 Å². The van der Waals surface area contributed by atoms with Crippen LogP contribution >= 0.6 is 0 Å². The van der Waals surface area contributed by atoms with E-state index in [1.165, 1.54) is 87.3 Å². The maximum atomic E-state index is 2.46. The SMILES string of the molecule is c1ccc2cc(-n3c4ccccc4c4c5c6c7ccccc7ccc6n(-c6ccc7ccccc7c6)c5ccc43)ccc2c1. The Balaban J connectivity index is 1.41. The van der Waals surface area contributed by atoms with Gasteiger partial charge in [0, 0.05) is 32.9 Å². The van der Waals surface area contributed by atoms with Gasteiger partial charge in [0.05, 0.1) is 22.1 Å². The zero-order valence-corrected chi connectivity index (χ0v) is 23.9. The average molecular weight is 559 g/mol. The number of hydrogen-bond donors (Lipinski definition) is 0. The highest BCUT2D eigenvalue weighted by atomic mass is 15.0. The molecule has 0 aliphatic rings. The molecule has 8 aromatic carbocycles. The van der Waals surface area contributed by atoms with Crippen molar-refractivity contribution >= 4 is 75.9 Å². The minimum absolute atomic E-state index is 1.18. The van der Waals surface area contributed by atoms with Crippen LogP contribution in [0.4, 0.5) is 0 Å². The number of rotatable bonds is 2. The third-order valence-corrected chi connectivity index (χ3v) is 9.44. The largest absolute Gasteiger partial charge is 0.309 e. The molecule has 2 heterocycles. The maximum Gasteiger partial charge on any atom is 0.0549 e. The predicted octanol–water partition coefficient (Wildman–Crippen LogP) is 11.3. The first-order valence-corrected chi connectivity index (χ1v) is 15.2. The first kappa shape index (κ1) is 23.7. The van der Waals surface area contributed by atoms with Crippen molar-refractivity contribution in [3.63, 3.8) is 0 Å². The molecule has 10 rings (SSSR count). The summed E-state index contributed by atoms with van der Waals surface area (Å²) in [6, 6.07) is 57.8. The van der Waals surface area contributed by atoms with Crippen LogP contribution in [0.2, 0.25) is 0 Å². The highest BCUT2D eigenvalue weighted by molar-refractivity contribution is 6.33. The van der Waals surface area contributed by atoms with E-state index in [0.29, 0.717) is 0 Å². The number of para-hydroxylation sites is 1. The third kappa shape index (κ3) is 3.20. The molecule has 0 saturated heterocycles. The number of hydrogen-bond acceptors (Lipinski definition) is 0. The maximum absolute atomic E-state index is 2.46. The van der Waals surface area contributed by atoms with Gasteiger partial charge in [0.25, 0.3) is 0 Å². The van der Waals surface area contributed by atoms with Gasteiger partial charge in [-0.15, -0.1) is 0 Å². The van der Waals surface area contributed by atoms with E-state index in [2.05, 4.69) is 167 Å². The normalized spacial score (nSPS) is 12.1. The minimum Gasteiger partial charge on any atom is -0.309 e. The molecule has 0 bridgehead atoms. The molecule has 44 heavy (non-hydrogen) atoms. The monoisotopic (exact) mass is 558 g/mol. The lowest BCUT2D eigenvalue weighted by atomic mass is 10.0. The molecule has 204 valence electrons. The van der Waals surface area contributed by atoms with E-state index >= 15 is 0 Å². The van der Waals surface area contributed by atoms with E-state index in [-0.39, 0.29) is 0 Å². The number of nitrogens with zero attached hydrogens (tertiary/aromatic N) is 2. The van der Waals surface area contributed by atoms with Gasteiger partial charge in [0.2, 0.25) is 0 Å². The average Bonchev–Trinajstić information content (AvgIpc) is 3.61. The van der Waals surface area contributed by atoms with Gasteiger partial charge in [0.15, 0.2) is 0 Å². The Morgan fingerprint density at radius 3 is 1.36 bits per heavy atom. The summed E-state index contributed by atoms with van der Waals surface area (Å²) in [5.74, 6) is 0. The van der Waals surface area contributed by atoms with E-state index in [0.717, 1.165) is 0 Å². The molecule has 0 amide bonds. The second-order valence-corrected chi connectivity index (χ2v) is 11.8. The van der Waals surface area contributed by atoms with Gasteiger partial charge in [0.1, 0.15) is 0 Å². The van der Waals surface area contributed by atoms with E-state index in [1.807, 2.05) is 0 Å². The van der Waals surface area contributed by atoms with Crippen molar-refractivity contribution in [1.29, 1.82) is 0 Å². The fourth-order valence-electron chi connectivity index (χ4n) is 7.52. The fourth-order valence-corrected chi connectivity index (χ4v) is 7.52. The Morgan fingerprint density at radius 2 is 0.705 bits per heavy atom. The van der Waals surface area contributed by atoms with Gasteiger partial charge < -0.3 is 9.13 Å². The van der Waals surface area contributed by atoms with Crippen molar-refractivity contribution in [2.45, 2.75) is 0 Å².